The Labute approximate surface area is 201 Å². The maximum atomic E-state index is 12.6. The molecule has 1 amide bonds. The van der Waals surface area contributed by atoms with Crippen molar-refractivity contribution >= 4 is 28.9 Å². The molecule has 2 aliphatic rings. The Morgan fingerprint density at radius 3 is 2.50 bits per heavy atom. The van der Waals surface area contributed by atoms with Gasteiger partial charge in [0.25, 0.3) is 11.6 Å². The van der Waals surface area contributed by atoms with Gasteiger partial charge in [0.2, 0.25) is 0 Å². The summed E-state index contributed by atoms with van der Waals surface area (Å²) in [6.45, 7) is 0. The molecule has 2 saturated heterocycles. The fraction of sp³-hybridized carbons (Fsp3) is 0.320. The van der Waals surface area contributed by atoms with Crippen LogP contribution in [0.25, 0.3) is 11.3 Å². The molecule has 0 saturated carbocycles. The number of nitro benzene ring substituents is 1. The molecule has 0 aliphatic carbocycles. The monoisotopic (exact) mass is 481 g/mol. The molecule has 3 atom stereocenters. The summed E-state index contributed by atoms with van der Waals surface area (Å²) in [5.74, 6) is 0.580. The topological polar surface area (TPSA) is 97.8 Å². The van der Waals surface area contributed by atoms with Gasteiger partial charge in [-0.2, -0.15) is 0 Å². The summed E-state index contributed by atoms with van der Waals surface area (Å²) < 4.78 is 11.8. The average molecular weight is 482 g/mol. The SMILES string of the molecule is CN1[C@@H]2CC[C@H]1C[C@@H](Oc1ccc(NC(=O)c3ccc(-c4ccc(Cl)cc4[N+](=O)[O-])o3)cc1)C2. The van der Waals surface area contributed by atoms with E-state index < -0.39 is 10.8 Å². The van der Waals surface area contributed by atoms with Gasteiger partial charge in [-0.25, -0.2) is 0 Å². The first-order chi connectivity index (χ1) is 16.4. The van der Waals surface area contributed by atoms with Crippen LogP contribution in [0.15, 0.2) is 59.0 Å². The molecule has 2 aliphatic heterocycles. The number of carbonyl (C=O) groups is 1. The number of nitrogens with zero attached hydrogens (tertiary/aromatic N) is 2. The molecule has 0 spiro atoms. The third-order valence-corrected chi connectivity index (χ3v) is 6.96. The number of ether oxygens (including phenoxy) is 1. The van der Waals surface area contributed by atoms with E-state index >= 15 is 0 Å². The number of amides is 1. The number of furan rings is 1. The summed E-state index contributed by atoms with van der Waals surface area (Å²) in [5.41, 5.74) is 0.649. The highest BCUT2D eigenvalue weighted by atomic mass is 35.5. The second kappa shape index (κ2) is 9.12. The molecule has 2 fully saturated rings. The number of hydrogen-bond acceptors (Lipinski definition) is 6. The molecule has 1 aromatic heterocycles. The van der Waals surface area contributed by atoms with E-state index in [4.69, 9.17) is 20.8 Å². The first-order valence-corrected chi connectivity index (χ1v) is 11.6. The number of benzene rings is 2. The lowest BCUT2D eigenvalue weighted by Crippen LogP contribution is -2.43. The summed E-state index contributed by atoms with van der Waals surface area (Å²) in [6.07, 6.45) is 4.78. The van der Waals surface area contributed by atoms with Crippen molar-refractivity contribution in [3.05, 3.63) is 75.5 Å². The van der Waals surface area contributed by atoms with E-state index in [0.717, 1.165) is 18.6 Å². The number of nitrogens with one attached hydrogen (secondary N) is 1. The van der Waals surface area contributed by atoms with Crippen molar-refractivity contribution in [3.63, 3.8) is 0 Å². The van der Waals surface area contributed by atoms with Gasteiger partial charge in [0.05, 0.1) is 10.5 Å². The number of carbonyl (C=O) groups excluding carboxylic acids is 1. The second-order valence-electron chi connectivity index (χ2n) is 8.82. The molecule has 9 heteroatoms. The third-order valence-electron chi connectivity index (χ3n) is 6.72. The molecule has 5 rings (SSSR count). The van der Waals surface area contributed by atoms with Crippen molar-refractivity contribution in [2.45, 2.75) is 43.9 Å². The van der Waals surface area contributed by atoms with E-state index in [9.17, 15) is 14.9 Å². The van der Waals surface area contributed by atoms with E-state index in [-0.39, 0.29) is 33.9 Å². The Balaban J connectivity index is 1.23. The van der Waals surface area contributed by atoms with Gasteiger partial charge in [0.1, 0.15) is 17.6 Å². The minimum atomic E-state index is -0.538. The second-order valence-corrected chi connectivity index (χ2v) is 9.26. The lowest BCUT2D eigenvalue weighted by atomic mass is 10.0. The van der Waals surface area contributed by atoms with Gasteiger partial charge in [0, 0.05) is 28.9 Å². The molecule has 2 bridgehead atoms. The van der Waals surface area contributed by atoms with Crippen LogP contribution >= 0.6 is 11.6 Å². The molecular weight excluding hydrogens is 458 g/mol. The van der Waals surface area contributed by atoms with Crippen molar-refractivity contribution in [2.24, 2.45) is 0 Å². The van der Waals surface area contributed by atoms with Crippen LogP contribution in [-0.2, 0) is 0 Å². The summed E-state index contributed by atoms with van der Waals surface area (Å²) in [7, 11) is 2.20. The lowest BCUT2D eigenvalue weighted by molar-refractivity contribution is -0.384. The quantitative estimate of drug-likeness (QED) is 0.355. The van der Waals surface area contributed by atoms with Crippen molar-refractivity contribution in [1.29, 1.82) is 0 Å². The minimum absolute atomic E-state index is 0.0429. The zero-order valence-electron chi connectivity index (χ0n) is 18.6. The molecule has 3 heterocycles. The molecule has 1 N–H and O–H groups in total. The first-order valence-electron chi connectivity index (χ1n) is 11.2. The van der Waals surface area contributed by atoms with E-state index in [0.29, 0.717) is 17.8 Å². The third kappa shape index (κ3) is 4.51. The molecular formula is C25H24ClN3O5. The highest BCUT2D eigenvalue weighted by Crippen LogP contribution is 2.36. The number of halogens is 1. The maximum Gasteiger partial charge on any atom is 0.291 e. The number of anilines is 1. The van der Waals surface area contributed by atoms with Crippen LogP contribution in [-0.4, -0.2) is 41.0 Å². The number of hydrogen-bond donors (Lipinski definition) is 1. The van der Waals surface area contributed by atoms with Gasteiger partial charge >= 0.3 is 0 Å². The smallest absolute Gasteiger partial charge is 0.291 e. The number of rotatable bonds is 6. The van der Waals surface area contributed by atoms with Crippen LogP contribution in [0.2, 0.25) is 5.02 Å². The Bertz CT molecular complexity index is 1210. The molecule has 0 radical (unpaired) electrons. The molecule has 8 nitrogen and oxygen atoms in total. The Kier molecular flexibility index (Phi) is 6.02. The standard InChI is InChI=1S/C25H24ClN3O5/c1-28-17-5-6-18(28)14-20(13-17)33-19-7-3-16(4-8-19)27-25(30)24-11-10-23(34-24)21-9-2-15(26)12-22(21)29(31)32/h2-4,7-12,17-18,20H,5-6,13-14H2,1H3,(H,27,30)/t17-,18+,20+. The predicted octanol–water partition coefficient (Wildman–Crippen LogP) is 5.76. The molecule has 0 unspecified atom stereocenters. The van der Waals surface area contributed by atoms with Crippen LogP contribution in [0.5, 0.6) is 5.75 Å². The van der Waals surface area contributed by atoms with E-state index in [1.165, 1.54) is 43.2 Å². The van der Waals surface area contributed by atoms with Gasteiger partial charge in [-0.3, -0.25) is 14.9 Å². The van der Waals surface area contributed by atoms with Gasteiger partial charge in [-0.05, 0) is 81.3 Å². The van der Waals surface area contributed by atoms with Crippen molar-refractivity contribution < 1.29 is 18.9 Å². The summed E-state index contributed by atoms with van der Waals surface area (Å²) in [4.78, 5) is 25.9. The number of nitro groups is 1. The summed E-state index contributed by atoms with van der Waals surface area (Å²) in [6, 6.07) is 15.8. The van der Waals surface area contributed by atoms with Crippen LogP contribution in [0.4, 0.5) is 11.4 Å². The Morgan fingerprint density at radius 1 is 1.12 bits per heavy atom. The fourth-order valence-electron chi connectivity index (χ4n) is 4.93. The van der Waals surface area contributed by atoms with E-state index in [2.05, 4.69) is 17.3 Å². The van der Waals surface area contributed by atoms with Gasteiger partial charge in [-0.1, -0.05) is 11.6 Å². The molecule has 3 aromatic rings. The predicted molar refractivity (Wildman–Crippen MR) is 128 cm³/mol. The number of fused-ring (bicyclic) bond motifs is 2. The van der Waals surface area contributed by atoms with Crippen molar-refractivity contribution in [1.82, 2.24) is 4.90 Å². The molecule has 34 heavy (non-hydrogen) atoms. The van der Waals surface area contributed by atoms with E-state index in [1.54, 1.807) is 12.1 Å². The Morgan fingerprint density at radius 2 is 1.82 bits per heavy atom. The van der Waals surface area contributed by atoms with Crippen molar-refractivity contribution in [3.8, 4) is 17.1 Å². The van der Waals surface area contributed by atoms with Crippen molar-refractivity contribution in [2.75, 3.05) is 12.4 Å². The zero-order chi connectivity index (χ0) is 23.8. The van der Waals surface area contributed by atoms with Crippen LogP contribution < -0.4 is 10.1 Å². The van der Waals surface area contributed by atoms with Crippen LogP contribution in [0, 0.1) is 10.1 Å². The normalized spacial score (nSPS) is 21.9. The van der Waals surface area contributed by atoms with Gasteiger partial charge < -0.3 is 19.4 Å². The average Bonchev–Trinajstić information content (AvgIpc) is 3.37. The minimum Gasteiger partial charge on any atom is -0.490 e. The van der Waals surface area contributed by atoms with Crippen LogP contribution in [0.1, 0.15) is 36.2 Å². The Hall–Kier alpha value is -3.36. The highest BCUT2D eigenvalue weighted by Gasteiger charge is 2.39. The lowest BCUT2D eigenvalue weighted by Gasteiger charge is -2.36. The first kappa shape index (κ1) is 22.4. The largest absolute Gasteiger partial charge is 0.490 e. The molecule has 176 valence electrons. The summed E-state index contributed by atoms with van der Waals surface area (Å²) >= 11 is 5.87. The highest BCUT2D eigenvalue weighted by molar-refractivity contribution is 6.30. The van der Waals surface area contributed by atoms with E-state index in [1.807, 2.05) is 12.1 Å². The number of piperidine rings is 1. The van der Waals surface area contributed by atoms with Gasteiger partial charge in [0.15, 0.2) is 5.76 Å². The fourth-order valence-corrected chi connectivity index (χ4v) is 5.09. The zero-order valence-corrected chi connectivity index (χ0v) is 19.3. The van der Waals surface area contributed by atoms with Gasteiger partial charge in [-0.15, -0.1) is 0 Å². The summed E-state index contributed by atoms with van der Waals surface area (Å²) in [5, 5.41) is 14.4. The van der Waals surface area contributed by atoms with Crippen LogP contribution in [0.3, 0.4) is 0 Å². The maximum absolute atomic E-state index is 12.6. The molecule has 2 aromatic carbocycles.